The first-order valence-corrected chi connectivity index (χ1v) is 7.31. The Morgan fingerprint density at radius 1 is 1.26 bits per heavy atom. The van der Waals surface area contributed by atoms with Crippen LogP contribution in [-0.2, 0) is 4.79 Å². The third kappa shape index (κ3) is 4.37. The van der Waals surface area contributed by atoms with Gasteiger partial charge in [-0.25, -0.2) is 0 Å². The molecule has 0 aliphatic carbocycles. The van der Waals surface area contributed by atoms with Crippen molar-refractivity contribution in [2.75, 3.05) is 13.1 Å². The molecule has 1 aliphatic heterocycles. The second kappa shape index (κ2) is 6.03. The minimum absolute atomic E-state index is 0.206. The van der Waals surface area contributed by atoms with Crippen LogP contribution >= 0.6 is 0 Å². The smallest absolute Gasteiger partial charge is 0.481 e. The lowest BCUT2D eigenvalue weighted by Gasteiger charge is -2.31. The van der Waals surface area contributed by atoms with Gasteiger partial charge in [-0.05, 0) is 38.5 Å². The molecule has 2 rings (SSSR count). The first-order chi connectivity index (χ1) is 10.5. The maximum absolute atomic E-state index is 12.3. The van der Waals surface area contributed by atoms with Crippen molar-refractivity contribution in [3.63, 3.8) is 0 Å². The van der Waals surface area contributed by atoms with Gasteiger partial charge in [-0.15, -0.1) is 13.2 Å². The third-order valence-corrected chi connectivity index (χ3v) is 4.11. The van der Waals surface area contributed by atoms with E-state index in [1.165, 1.54) is 18.2 Å². The lowest BCUT2D eigenvalue weighted by molar-refractivity contribution is -0.274. The van der Waals surface area contributed by atoms with Crippen LogP contribution in [0.25, 0.3) is 0 Å². The van der Waals surface area contributed by atoms with Gasteiger partial charge in [-0.1, -0.05) is 12.1 Å². The molecule has 1 aromatic rings. The van der Waals surface area contributed by atoms with Crippen molar-refractivity contribution in [3.05, 3.63) is 29.8 Å². The molecular formula is C16H20F3NO3. The van der Waals surface area contributed by atoms with E-state index in [2.05, 4.69) is 4.74 Å². The minimum Gasteiger partial charge on any atom is -0.481 e. The molecule has 0 radical (unpaired) electrons. The summed E-state index contributed by atoms with van der Waals surface area (Å²) in [5.74, 6) is -2.30. The number of nitrogens with zero attached hydrogens (tertiary/aromatic N) is 1. The van der Waals surface area contributed by atoms with Crippen LogP contribution in [0.5, 0.6) is 5.75 Å². The van der Waals surface area contributed by atoms with E-state index in [4.69, 9.17) is 0 Å². The number of benzene rings is 1. The predicted octanol–water partition coefficient (Wildman–Crippen LogP) is 3.48. The summed E-state index contributed by atoms with van der Waals surface area (Å²) in [6.07, 6.45) is -4.77. The van der Waals surface area contributed by atoms with Gasteiger partial charge in [-0.3, -0.25) is 9.69 Å². The normalized spacial score (nSPS) is 23.0. The van der Waals surface area contributed by atoms with Crippen LogP contribution < -0.4 is 4.74 Å². The summed E-state index contributed by atoms with van der Waals surface area (Å²) in [7, 11) is 0. The Labute approximate surface area is 132 Å². The number of hydrogen-bond acceptors (Lipinski definition) is 3. The van der Waals surface area contributed by atoms with Crippen molar-refractivity contribution in [1.29, 1.82) is 0 Å². The van der Waals surface area contributed by atoms with Gasteiger partial charge in [0.1, 0.15) is 5.75 Å². The highest BCUT2D eigenvalue weighted by molar-refractivity contribution is 5.72. The Kier molecular flexibility index (Phi) is 4.61. The molecule has 4 nitrogen and oxygen atoms in total. The molecule has 1 heterocycles. The molecule has 0 unspecified atom stereocenters. The number of halogens is 3. The Bertz CT molecular complexity index is 581. The number of hydrogen-bond donors (Lipinski definition) is 1. The molecule has 1 aromatic carbocycles. The van der Waals surface area contributed by atoms with Gasteiger partial charge in [0.2, 0.25) is 0 Å². The summed E-state index contributed by atoms with van der Waals surface area (Å²) in [4.78, 5) is 13.6. The maximum Gasteiger partial charge on any atom is 0.573 e. The molecule has 0 amide bonds. The second-order valence-corrected chi connectivity index (χ2v) is 6.75. The number of aliphatic carboxylic acids is 1. The van der Waals surface area contributed by atoms with Gasteiger partial charge in [0.05, 0.1) is 5.92 Å². The van der Waals surface area contributed by atoms with Crippen molar-refractivity contribution in [3.8, 4) is 5.75 Å². The zero-order valence-electron chi connectivity index (χ0n) is 13.2. The zero-order chi connectivity index (χ0) is 17.4. The van der Waals surface area contributed by atoms with Crippen molar-refractivity contribution in [2.45, 2.75) is 38.6 Å². The monoisotopic (exact) mass is 331 g/mol. The van der Waals surface area contributed by atoms with Crippen molar-refractivity contribution in [2.24, 2.45) is 5.92 Å². The van der Waals surface area contributed by atoms with E-state index >= 15 is 0 Å². The molecule has 128 valence electrons. The summed E-state index contributed by atoms with van der Waals surface area (Å²) in [5, 5.41) is 9.45. The Balaban J connectivity index is 2.28. The highest BCUT2D eigenvalue weighted by Crippen LogP contribution is 2.37. The van der Waals surface area contributed by atoms with Gasteiger partial charge in [0, 0.05) is 24.5 Å². The molecule has 0 spiro atoms. The van der Waals surface area contributed by atoms with Crippen LogP contribution in [-0.4, -0.2) is 41.0 Å². The molecular weight excluding hydrogens is 311 g/mol. The number of ether oxygens (including phenoxy) is 1. The van der Waals surface area contributed by atoms with E-state index in [0.29, 0.717) is 18.7 Å². The van der Waals surface area contributed by atoms with Crippen molar-refractivity contribution in [1.82, 2.24) is 4.90 Å². The molecule has 7 heteroatoms. The molecule has 0 saturated carbocycles. The minimum atomic E-state index is -4.77. The van der Waals surface area contributed by atoms with Gasteiger partial charge >= 0.3 is 12.3 Å². The van der Waals surface area contributed by atoms with E-state index in [0.717, 1.165) is 0 Å². The SMILES string of the molecule is CC(C)(C)N1C[C@@H](C(=O)O)[C@H](c2cccc(OC(F)(F)F)c2)C1. The maximum atomic E-state index is 12.3. The lowest BCUT2D eigenvalue weighted by atomic mass is 9.89. The van der Waals surface area contributed by atoms with Gasteiger partial charge in [-0.2, -0.15) is 0 Å². The molecule has 0 aromatic heterocycles. The Morgan fingerprint density at radius 2 is 1.91 bits per heavy atom. The van der Waals surface area contributed by atoms with Crippen molar-refractivity contribution >= 4 is 5.97 Å². The van der Waals surface area contributed by atoms with Gasteiger partial charge in [0.25, 0.3) is 0 Å². The van der Waals surface area contributed by atoms with Gasteiger partial charge < -0.3 is 9.84 Å². The molecule has 1 saturated heterocycles. The van der Waals surface area contributed by atoms with Crippen LogP contribution in [0.15, 0.2) is 24.3 Å². The molecule has 1 N–H and O–H groups in total. The number of likely N-dealkylation sites (tertiary alicyclic amines) is 1. The summed E-state index contributed by atoms with van der Waals surface area (Å²) < 4.78 is 41.0. The number of alkyl halides is 3. The van der Waals surface area contributed by atoms with E-state index < -0.39 is 18.2 Å². The largest absolute Gasteiger partial charge is 0.573 e. The van der Waals surface area contributed by atoms with Crippen LogP contribution in [0.4, 0.5) is 13.2 Å². The van der Waals surface area contributed by atoms with Crippen LogP contribution in [0.3, 0.4) is 0 Å². The highest BCUT2D eigenvalue weighted by Gasteiger charge is 2.42. The summed E-state index contributed by atoms with van der Waals surface area (Å²) in [5.41, 5.74) is 0.341. The number of carboxylic acids is 1. The number of carbonyl (C=O) groups is 1. The third-order valence-electron chi connectivity index (χ3n) is 4.11. The summed E-state index contributed by atoms with van der Waals surface area (Å²) in [6.45, 7) is 6.80. The topological polar surface area (TPSA) is 49.8 Å². The molecule has 1 aliphatic rings. The lowest BCUT2D eigenvalue weighted by Crippen LogP contribution is -2.40. The second-order valence-electron chi connectivity index (χ2n) is 6.75. The van der Waals surface area contributed by atoms with Crippen LogP contribution in [0.2, 0.25) is 0 Å². The fourth-order valence-corrected chi connectivity index (χ4v) is 2.88. The van der Waals surface area contributed by atoms with E-state index in [1.807, 2.05) is 25.7 Å². The average molecular weight is 331 g/mol. The van der Waals surface area contributed by atoms with E-state index in [-0.39, 0.29) is 17.2 Å². The quantitative estimate of drug-likeness (QED) is 0.921. The average Bonchev–Trinajstić information content (AvgIpc) is 2.81. The zero-order valence-corrected chi connectivity index (χ0v) is 13.2. The standard InChI is InChI=1S/C16H20F3NO3/c1-15(2,3)20-8-12(13(9-20)14(21)22)10-5-4-6-11(7-10)23-16(17,18)19/h4-7,12-13H,8-9H2,1-3H3,(H,21,22)/t12-,13+/m0/s1. The van der Waals surface area contributed by atoms with Crippen LogP contribution in [0, 0.1) is 5.92 Å². The molecule has 1 fully saturated rings. The Morgan fingerprint density at radius 3 is 2.43 bits per heavy atom. The summed E-state index contributed by atoms with van der Waals surface area (Å²) >= 11 is 0. The fourth-order valence-electron chi connectivity index (χ4n) is 2.88. The number of carboxylic acid groups (broad SMARTS) is 1. The molecule has 2 atom stereocenters. The highest BCUT2D eigenvalue weighted by atomic mass is 19.4. The first-order valence-electron chi connectivity index (χ1n) is 7.31. The summed E-state index contributed by atoms with van der Waals surface area (Å²) in [6, 6.07) is 5.59. The predicted molar refractivity (Wildman–Crippen MR) is 78.3 cm³/mol. The van der Waals surface area contributed by atoms with E-state index in [9.17, 15) is 23.1 Å². The Hall–Kier alpha value is -1.76. The van der Waals surface area contributed by atoms with Crippen LogP contribution in [0.1, 0.15) is 32.3 Å². The van der Waals surface area contributed by atoms with E-state index in [1.54, 1.807) is 6.07 Å². The van der Waals surface area contributed by atoms with Crippen molar-refractivity contribution < 1.29 is 27.8 Å². The van der Waals surface area contributed by atoms with Gasteiger partial charge in [0.15, 0.2) is 0 Å². The first kappa shape index (κ1) is 17.6. The fraction of sp³-hybridized carbons (Fsp3) is 0.562. The molecule has 0 bridgehead atoms. The number of rotatable bonds is 3. The molecule has 23 heavy (non-hydrogen) atoms.